The Labute approximate surface area is 107 Å². The molecule has 18 heavy (non-hydrogen) atoms. The lowest BCUT2D eigenvalue weighted by Crippen LogP contribution is -2.57. The van der Waals surface area contributed by atoms with Crippen LogP contribution in [0.1, 0.15) is 27.7 Å². The fourth-order valence-corrected chi connectivity index (χ4v) is 2.72. The summed E-state index contributed by atoms with van der Waals surface area (Å²) in [5.74, 6) is -0.626. The average molecular weight is 275 g/mol. The Bertz CT molecular complexity index is 532. The zero-order valence-corrected chi connectivity index (χ0v) is 11.7. The lowest BCUT2D eigenvalue weighted by molar-refractivity contribution is 0.00638. The van der Waals surface area contributed by atoms with Gasteiger partial charge in [0.25, 0.3) is 0 Å². The van der Waals surface area contributed by atoms with Gasteiger partial charge in [0.05, 0.1) is 16.0 Å². The van der Waals surface area contributed by atoms with E-state index in [-0.39, 0.29) is 4.90 Å². The van der Waals surface area contributed by atoms with Crippen molar-refractivity contribution in [3.63, 3.8) is 0 Å². The summed E-state index contributed by atoms with van der Waals surface area (Å²) in [6.45, 7) is 6.12. The molecule has 1 aromatic carbocycles. The summed E-state index contributed by atoms with van der Waals surface area (Å²) >= 11 is 0. The van der Waals surface area contributed by atoms with Crippen molar-refractivity contribution in [2.75, 3.05) is 0 Å². The number of hydrogen-bond donors (Lipinski definition) is 2. The number of nitrogens with one attached hydrogen (secondary N) is 1. The summed E-state index contributed by atoms with van der Waals surface area (Å²) in [5.41, 5.74) is -2.34. The maximum atomic E-state index is 13.0. The van der Waals surface area contributed by atoms with E-state index in [0.29, 0.717) is 0 Å². The van der Waals surface area contributed by atoms with E-state index >= 15 is 0 Å². The number of benzene rings is 1. The van der Waals surface area contributed by atoms with E-state index in [1.165, 1.54) is 32.0 Å². The van der Waals surface area contributed by atoms with Crippen LogP contribution in [0.5, 0.6) is 0 Å². The Hall–Kier alpha value is -0.980. The number of rotatable bonds is 4. The first-order valence-electron chi connectivity index (χ1n) is 5.48. The molecule has 4 nitrogen and oxygen atoms in total. The number of hydrogen-bond acceptors (Lipinski definition) is 3. The number of sulfonamides is 1. The molecule has 0 fully saturated rings. The first-order chi connectivity index (χ1) is 7.96. The second-order valence-corrected chi connectivity index (χ2v) is 6.93. The summed E-state index contributed by atoms with van der Waals surface area (Å²) in [5, 5.41) is 9.91. The summed E-state index contributed by atoms with van der Waals surface area (Å²) in [7, 11) is -3.87. The molecule has 102 valence electrons. The second kappa shape index (κ2) is 4.60. The van der Waals surface area contributed by atoms with Crippen molar-refractivity contribution in [3.8, 4) is 0 Å². The Morgan fingerprint density at radius 3 is 2.22 bits per heavy atom. The molecule has 0 atom stereocenters. The second-order valence-electron chi connectivity index (χ2n) is 5.25. The topological polar surface area (TPSA) is 66.4 Å². The summed E-state index contributed by atoms with van der Waals surface area (Å²) < 4.78 is 39.5. The highest BCUT2D eigenvalue weighted by Gasteiger charge is 2.38. The fourth-order valence-electron chi connectivity index (χ4n) is 1.15. The molecule has 0 aliphatic rings. The summed E-state index contributed by atoms with van der Waals surface area (Å²) in [4.78, 5) is -0.167. The number of aliphatic hydroxyl groups is 1. The molecule has 0 heterocycles. The zero-order chi connectivity index (χ0) is 14.2. The lowest BCUT2D eigenvalue weighted by atomic mass is 9.87. The normalized spacial score (nSPS) is 13.7. The van der Waals surface area contributed by atoms with Crippen LogP contribution in [-0.2, 0) is 10.0 Å². The first kappa shape index (κ1) is 15.1. The molecule has 0 aliphatic carbocycles. The Kier molecular flexibility index (Phi) is 3.86. The SMILES string of the molecule is CC(C)(O)C(C)(C)NS(=O)(=O)c1cccc(F)c1. The van der Waals surface area contributed by atoms with Gasteiger partial charge in [0.15, 0.2) is 0 Å². The molecule has 0 saturated heterocycles. The highest BCUT2D eigenvalue weighted by atomic mass is 32.2. The van der Waals surface area contributed by atoms with Gasteiger partial charge in [-0.05, 0) is 45.9 Å². The number of halogens is 1. The molecule has 0 aromatic heterocycles. The average Bonchev–Trinajstić information content (AvgIpc) is 2.14. The molecule has 0 amide bonds. The van der Waals surface area contributed by atoms with E-state index in [1.807, 2.05) is 0 Å². The van der Waals surface area contributed by atoms with Crippen LogP contribution in [0.15, 0.2) is 29.2 Å². The lowest BCUT2D eigenvalue weighted by Gasteiger charge is -2.37. The maximum Gasteiger partial charge on any atom is 0.241 e. The highest BCUT2D eigenvalue weighted by molar-refractivity contribution is 7.89. The van der Waals surface area contributed by atoms with Gasteiger partial charge in [0, 0.05) is 0 Å². The molecule has 2 N–H and O–H groups in total. The van der Waals surface area contributed by atoms with Crippen LogP contribution < -0.4 is 4.72 Å². The van der Waals surface area contributed by atoms with Crippen molar-refractivity contribution in [3.05, 3.63) is 30.1 Å². The molecule has 0 saturated carbocycles. The van der Waals surface area contributed by atoms with Crippen molar-refractivity contribution < 1.29 is 17.9 Å². The molecule has 1 aromatic rings. The quantitative estimate of drug-likeness (QED) is 0.878. The van der Waals surface area contributed by atoms with Crippen molar-refractivity contribution in [2.24, 2.45) is 0 Å². The van der Waals surface area contributed by atoms with Crippen LogP contribution in [0.25, 0.3) is 0 Å². The Morgan fingerprint density at radius 1 is 1.22 bits per heavy atom. The van der Waals surface area contributed by atoms with Gasteiger partial charge in [-0.2, -0.15) is 0 Å². The van der Waals surface area contributed by atoms with Gasteiger partial charge in [-0.25, -0.2) is 17.5 Å². The van der Waals surface area contributed by atoms with Gasteiger partial charge in [-0.15, -0.1) is 0 Å². The largest absolute Gasteiger partial charge is 0.389 e. The molecular formula is C12H18FNO3S. The molecule has 1 rings (SSSR count). The highest BCUT2D eigenvalue weighted by Crippen LogP contribution is 2.23. The monoisotopic (exact) mass is 275 g/mol. The van der Waals surface area contributed by atoms with Crippen LogP contribution in [-0.4, -0.2) is 24.7 Å². The van der Waals surface area contributed by atoms with Crippen LogP contribution in [0, 0.1) is 5.82 Å². The molecule has 0 bridgehead atoms. The maximum absolute atomic E-state index is 13.0. The van der Waals surface area contributed by atoms with E-state index in [1.54, 1.807) is 13.8 Å². The van der Waals surface area contributed by atoms with Crippen molar-refractivity contribution in [2.45, 2.75) is 43.7 Å². The van der Waals surface area contributed by atoms with Crippen LogP contribution in [0.3, 0.4) is 0 Å². The predicted octanol–water partition coefficient (Wildman–Crippen LogP) is 1.65. The van der Waals surface area contributed by atoms with E-state index in [9.17, 15) is 17.9 Å². The minimum Gasteiger partial charge on any atom is -0.389 e. The molecule has 6 heteroatoms. The van der Waals surface area contributed by atoms with E-state index in [0.717, 1.165) is 6.07 Å². The van der Waals surface area contributed by atoms with Crippen LogP contribution in [0.2, 0.25) is 0 Å². The van der Waals surface area contributed by atoms with Crippen molar-refractivity contribution in [1.29, 1.82) is 0 Å². The van der Waals surface area contributed by atoms with Crippen LogP contribution in [0.4, 0.5) is 4.39 Å². The minimum atomic E-state index is -3.87. The first-order valence-corrected chi connectivity index (χ1v) is 6.96. The van der Waals surface area contributed by atoms with Crippen LogP contribution >= 0.6 is 0 Å². The van der Waals surface area contributed by atoms with Crippen molar-refractivity contribution >= 4 is 10.0 Å². The standard InChI is InChI=1S/C12H18FNO3S/c1-11(2,12(3,4)15)14-18(16,17)10-7-5-6-9(13)8-10/h5-8,14-15H,1-4H3. The van der Waals surface area contributed by atoms with E-state index < -0.39 is 27.0 Å². The molecule has 0 unspecified atom stereocenters. The third-order valence-corrected chi connectivity index (χ3v) is 4.68. The molecule has 0 radical (unpaired) electrons. The summed E-state index contributed by atoms with van der Waals surface area (Å²) in [6.07, 6.45) is 0. The molecule has 0 spiro atoms. The van der Waals surface area contributed by atoms with Gasteiger partial charge in [0.2, 0.25) is 10.0 Å². The third-order valence-electron chi connectivity index (χ3n) is 3.03. The van der Waals surface area contributed by atoms with Gasteiger partial charge >= 0.3 is 0 Å². The van der Waals surface area contributed by atoms with Gasteiger partial charge < -0.3 is 5.11 Å². The molecular weight excluding hydrogens is 257 g/mol. The van der Waals surface area contributed by atoms with Crippen molar-refractivity contribution in [1.82, 2.24) is 4.72 Å². The van der Waals surface area contributed by atoms with Gasteiger partial charge in [-0.1, -0.05) is 6.07 Å². The third kappa shape index (κ3) is 3.28. The summed E-state index contributed by atoms with van der Waals surface area (Å²) in [6, 6.07) is 4.72. The smallest absolute Gasteiger partial charge is 0.241 e. The van der Waals surface area contributed by atoms with Gasteiger partial charge in [-0.3, -0.25) is 0 Å². The predicted molar refractivity (Wildman–Crippen MR) is 67.1 cm³/mol. The minimum absolute atomic E-state index is 0.167. The van der Waals surface area contributed by atoms with Gasteiger partial charge in [0.1, 0.15) is 5.82 Å². The Balaban J connectivity index is 3.11. The van der Waals surface area contributed by atoms with E-state index in [4.69, 9.17) is 0 Å². The fraction of sp³-hybridized carbons (Fsp3) is 0.500. The zero-order valence-electron chi connectivity index (χ0n) is 10.9. The molecule has 0 aliphatic heterocycles. The van der Waals surface area contributed by atoms with E-state index in [2.05, 4.69) is 4.72 Å². The Morgan fingerprint density at radius 2 is 1.78 bits per heavy atom.